The highest BCUT2D eigenvalue weighted by Crippen LogP contribution is 2.31. The lowest BCUT2D eigenvalue weighted by Crippen LogP contribution is -2.50. The van der Waals surface area contributed by atoms with Crippen LogP contribution in [0.1, 0.15) is 37.5 Å². The summed E-state index contributed by atoms with van der Waals surface area (Å²) in [6, 6.07) is 17.4. The Hall–Kier alpha value is -3.59. The summed E-state index contributed by atoms with van der Waals surface area (Å²) in [5, 5.41) is 26.2. The van der Waals surface area contributed by atoms with Gasteiger partial charge in [0.1, 0.15) is 10.3 Å². The van der Waals surface area contributed by atoms with Gasteiger partial charge in [0.15, 0.2) is 5.82 Å². The first-order valence-electron chi connectivity index (χ1n) is 11.1. The molecule has 0 bridgehead atoms. The van der Waals surface area contributed by atoms with Gasteiger partial charge in [-0.1, -0.05) is 41.9 Å². The summed E-state index contributed by atoms with van der Waals surface area (Å²) >= 11 is 6.83. The molecule has 0 aliphatic carbocycles. The molecule has 0 radical (unpaired) electrons. The summed E-state index contributed by atoms with van der Waals surface area (Å²) in [4.78, 5) is 12.9. The number of thiophene rings is 1. The number of benzene rings is 2. The Morgan fingerprint density at radius 3 is 2.51 bits per heavy atom. The van der Waals surface area contributed by atoms with E-state index in [2.05, 4.69) is 15.9 Å². The smallest absolute Gasteiger partial charge is 0.272 e. The first kappa shape index (κ1) is 26.5. The SMILES string of the molecule is CC(C)(C)N(Cc1cccc(Cn2nc(NS(=O)(=O)c3ccc(Cl)s3)c3c(C#N)cccc32)c1)C(=O)[O-]. The standard InChI is InChI=1S/C25H24ClN5O4S2/c1-25(2,3)30(24(32)33)14-16-6-4-7-17(12-16)15-31-19-9-5-8-18(13-27)22(19)23(28-31)29-37(34,35)21-11-10-20(26)36-21/h4-12H,14-15H2,1-3H3,(H,28,29)(H,32,33)/p-1. The zero-order valence-corrected chi connectivity index (χ0v) is 22.6. The van der Waals surface area contributed by atoms with E-state index in [-0.39, 0.29) is 28.7 Å². The van der Waals surface area contributed by atoms with Crippen LogP contribution < -0.4 is 9.83 Å². The summed E-state index contributed by atoms with van der Waals surface area (Å²) in [7, 11) is -3.98. The van der Waals surface area contributed by atoms with Crippen molar-refractivity contribution in [2.75, 3.05) is 4.72 Å². The third-order valence-electron chi connectivity index (χ3n) is 5.64. The van der Waals surface area contributed by atoms with Crippen LogP contribution in [0.25, 0.3) is 10.9 Å². The van der Waals surface area contributed by atoms with E-state index in [1.54, 1.807) is 43.7 Å². The Bertz CT molecular complexity index is 1630. The number of sulfonamides is 1. The lowest BCUT2D eigenvalue weighted by Gasteiger charge is -2.38. The van der Waals surface area contributed by atoms with E-state index < -0.39 is 21.7 Å². The van der Waals surface area contributed by atoms with Gasteiger partial charge >= 0.3 is 0 Å². The number of halogens is 1. The molecule has 4 rings (SSSR count). The topological polar surface area (TPSA) is 131 Å². The van der Waals surface area contributed by atoms with Gasteiger partial charge in [-0.05, 0) is 56.2 Å². The summed E-state index contributed by atoms with van der Waals surface area (Å²) in [5.41, 5.74) is 1.78. The van der Waals surface area contributed by atoms with Crippen LogP contribution in [0, 0.1) is 11.3 Å². The van der Waals surface area contributed by atoms with Gasteiger partial charge in [0, 0.05) is 12.1 Å². The number of fused-ring (bicyclic) bond motifs is 1. The van der Waals surface area contributed by atoms with E-state index in [1.165, 1.54) is 17.0 Å². The Labute approximate surface area is 223 Å². The number of nitrogens with one attached hydrogen (secondary N) is 1. The third kappa shape index (κ3) is 5.72. The molecule has 0 saturated heterocycles. The van der Waals surface area contributed by atoms with Crippen molar-refractivity contribution in [1.29, 1.82) is 5.26 Å². The highest BCUT2D eigenvalue weighted by atomic mass is 35.5. The fourth-order valence-electron chi connectivity index (χ4n) is 3.89. The van der Waals surface area contributed by atoms with Crippen LogP contribution in [0.5, 0.6) is 0 Å². The van der Waals surface area contributed by atoms with Crippen LogP contribution in [-0.4, -0.2) is 34.7 Å². The zero-order valence-electron chi connectivity index (χ0n) is 20.2. The fraction of sp³-hybridized carbons (Fsp3) is 0.240. The van der Waals surface area contributed by atoms with E-state index in [1.807, 2.05) is 24.3 Å². The molecule has 0 spiro atoms. The molecule has 9 nitrogen and oxygen atoms in total. The van der Waals surface area contributed by atoms with E-state index >= 15 is 0 Å². The maximum Gasteiger partial charge on any atom is 0.272 e. The summed E-state index contributed by atoms with van der Waals surface area (Å²) in [6.07, 6.45) is -1.26. The Kier molecular flexibility index (Phi) is 7.19. The van der Waals surface area contributed by atoms with Gasteiger partial charge in [0.2, 0.25) is 0 Å². The lowest BCUT2D eigenvalue weighted by molar-refractivity contribution is -0.271. The molecule has 4 aromatic rings. The minimum Gasteiger partial charge on any atom is -0.530 e. The number of anilines is 1. The molecular weight excluding hydrogens is 534 g/mol. The average molecular weight is 557 g/mol. The monoisotopic (exact) mass is 556 g/mol. The number of carbonyl (C=O) groups is 1. The normalized spacial score (nSPS) is 11.9. The molecule has 2 aromatic heterocycles. The second-order valence-corrected chi connectivity index (χ2v) is 12.9. The minimum absolute atomic E-state index is 0.0265. The number of aromatic nitrogens is 2. The van der Waals surface area contributed by atoms with Crippen LogP contribution in [-0.2, 0) is 23.1 Å². The molecule has 2 aromatic carbocycles. The Morgan fingerprint density at radius 2 is 1.89 bits per heavy atom. The molecule has 0 saturated carbocycles. The molecule has 192 valence electrons. The maximum atomic E-state index is 13.0. The van der Waals surface area contributed by atoms with Crippen molar-refractivity contribution in [1.82, 2.24) is 14.7 Å². The summed E-state index contributed by atoms with van der Waals surface area (Å²) < 4.78 is 30.4. The van der Waals surface area contributed by atoms with E-state index in [4.69, 9.17) is 11.6 Å². The van der Waals surface area contributed by atoms with Crippen LogP contribution in [0.3, 0.4) is 0 Å². The highest BCUT2D eigenvalue weighted by molar-refractivity contribution is 7.94. The van der Waals surface area contributed by atoms with Gasteiger partial charge in [-0.15, -0.1) is 11.3 Å². The van der Waals surface area contributed by atoms with E-state index in [9.17, 15) is 23.6 Å². The molecule has 1 amide bonds. The molecule has 0 atom stereocenters. The lowest BCUT2D eigenvalue weighted by atomic mass is 10.0. The van der Waals surface area contributed by atoms with Crippen LogP contribution in [0.15, 0.2) is 58.8 Å². The molecule has 0 fully saturated rings. The van der Waals surface area contributed by atoms with E-state index in [0.717, 1.165) is 22.5 Å². The average Bonchev–Trinajstić information content (AvgIpc) is 3.41. The van der Waals surface area contributed by atoms with Gasteiger partial charge in [-0.25, -0.2) is 8.42 Å². The first-order valence-corrected chi connectivity index (χ1v) is 13.8. The van der Waals surface area contributed by atoms with Crippen molar-refractivity contribution in [3.8, 4) is 6.07 Å². The van der Waals surface area contributed by atoms with Crippen LogP contribution in [0.2, 0.25) is 4.34 Å². The van der Waals surface area contributed by atoms with Crippen molar-refractivity contribution < 1.29 is 18.3 Å². The number of nitriles is 1. The number of carbonyl (C=O) groups excluding carboxylic acids is 1. The van der Waals surface area contributed by atoms with Gasteiger partial charge in [0.05, 0.1) is 33.4 Å². The number of hydrogen-bond donors (Lipinski definition) is 1. The molecule has 0 aliphatic rings. The number of hydrogen-bond acceptors (Lipinski definition) is 7. The predicted octanol–water partition coefficient (Wildman–Crippen LogP) is 4.42. The van der Waals surface area contributed by atoms with Gasteiger partial charge in [-0.2, -0.15) is 10.4 Å². The van der Waals surface area contributed by atoms with Crippen molar-refractivity contribution >= 4 is 55.8 Å². The second kappa shape index (κ2) is 10.0. The number of amides is 1. The van der Waals surface area contributed by atoms with Crippen molar-refractivity contribution in [3.63, 3.8) is 0 Å². The minimum atomic E-state index is -3.98. The highest BCUT2D eigenvalue weighted by Gasteiger charge is 2.23. The molecule has 12 heteroatoms. The van der Waals surface area contributed by atoms with Gasteiger partial charge < -0.3 is 14.8 Å². The largest absolute Gasteiger partial charge is 0.530 e. The molecule has 0 aliphatic heterocycles. The molecule has 2 heterocycles. The summed E-state index contributed by atoms with van der Waals surface area (Å²) in [5.74, 6) is 0.0312. The second-order valence-electron chi connectivity index (χ2n) is 9.32. The number of nitrogens with zero attached hydrogens (tertiary/aromatic N) is 4. The van der Waals surface area contributed by atoms with Crippen molar-refractivity contribution in [3.05, 3.63) is 75.6 Å². The Balaban J connectivity index is 1.71. The molecule has 37 heavy (non-hydrogen) atoms. The maximum absolute atomic E-state index is 13.0. The van der Waals surface area contributed by atoms with Crippen LogP contribution >= 0.6 is 22.9 Å². The van der Waals surface area contributed by atoms with Crippen molar-refractivity contribution in [2.45, 2.75) is 43.6 Å². The third-order valence-corrected chi connectivity index (χ3v) is 8.70. The Morgan fingerprint density at radius 1 is 1.19 bits per heavy atom. The van der Waals surface area contributed by atoms with Gasteiger partial charge in [-0.3, -0.25) is 9.40 Å². The number of rotatable bonds is 7. The van der Waals surface area contributed by atoms with E-state index in [0.29, 0.717) is 15.2 Å². The predicted molar refractivity (Wildman–Crippen MR) is 141 cm³/mol. The molecular formula is C25H23ClN5O4S2-. The fourth-order valence-corrected chi connectivity index (χ4v) is 6.38. The molecule has 0 unspecified atom stereocenters. The van der Waals surface area contributed by atoms with Crippen LogP contribution in [0.4, 0.5) is 10.6 Å². The van der Waals surface area contributed by atoms with Gasteiger partial charge in [0.25, 0.3) is 10.0 Å². The van der Waals surface area contributed by atoms with Crippen molar-refractivity contribution in [2.24, 2.45) is 0 Å². The quantitative estimate of drug-likeness (QED) is 0.358. The zero-order chi connectivity index (χ0) is 27.0. The number of carboxylic acid groups (broad SMARTS) is 1. The molecule has 1 N–H and O–H groups in total. The first-order chi connectivity index (χ1) is 17.4. The summed E-state index contributed by atoms with van der Waals surface area (Å²) in [6.45, 7) is 5.78.